The van der Waals surface area contributed by atoms with Crippen molar-refractivity contribution in [2.75, 3.05) is 19.0 Å². The fourth-order valence-electron chi connectivity index (χ4n) is 3.23. The maximum atomic E-state index is 12.3. The molecule has 3 amide bonds. The highest BCUT2D eigenvalue weighted by molar-refractivity contribution is 6.35. The fraction of sp³-hybridized carbons (Fsp3) is 0.214. The van der Waals surface area contributed by atoms with Gasteiger partial charge in [0.25, 0.3) is 5.91 Å². The number of carbonyl (C=O) groups is 3. The Morgan fingerprint density at radius 1 is 0.865 bits per heavy atom. The molecular weight excluding hydrogens is 472 g/mol. The van der Waals surface area contributed by atoms with E-state index in [0.29, 0.717) is 22.7 Å². The van der Waals surface area contributed by atoms with Crippen LogP contribution >= 0.6 is 0 Å². The van der Waals surface area contributed by atoms with Crippen molar-refractivity contribution in [2.24, 2.45) is 5.10 Å². The second kappa shape index (κ2) is 12.9. The van der Waals surface area contributed by atoms with Gasteiger partial charge in [-0.3, -0.25) is 14.4 Å². The zero-order valence-corrected chi connectivity index (χ0v) is 21.3. The molecular formula is C28H30N4O5. The van der Waals surface area contributed by atoms with Gasteiger partial charge in [-0.25, -0.2) is 5.43 Å². The largest absolute Gasteiger partial charge is 0.493 e. The first-order valence-corrected chi connectivity index (χ1v) is 11.6. The third kappa shape index (κ3) is 8.21. The van der Waals surface area contributed by atoms with E-state index in [4.69, 9.17) is 9.47 Å². The van der Waals surface area contributed by atoms with Gasteiger partial charge in [0.1, 0.15) is 0 Å². The Morgan fingerprint density at radius 3 is 2.32 bits per heavy atom. The van der Waals surface area contributed by atoms with E-state index in [1.54, 1.807) is 18.2 Å². The van der Waals surface area contributed by atoms with Gasteiger partial charge in [-0.05, 0) is 73.4 Å². The second-order valence-corrected chi connectivity index (χ2v) is 8.41. The van der Waals surface area contributed by atoms with Crippen LogP contribution in [0.1, 0.15) is 27.8 Å². The van der Waals surface area contributed by atoms with E-state index in [-0.39, 0.29) is 19.1 Å². The molecule has 0 aliphatic carbocycles. The fourth-order valence-corrected chi connectivity index (χ4v) is 3.23. The molecule has 0 unspecified atom stereocenters. The van der Waals surface area contributed by atoms with E-state index in [1.165, 1.54) is 13.3 Å². The lowest BCUT2D eigenvalue weighted by Gasteiger charge is -2.12. The third-order valence-corrected chi connectivity index (χ3v) is 5.50. The average Bonchev–Trinajstić information content (AvgIpc) is 2.89. The number of nitrogens with zero attached hydrogens (tertiary/aromatic N) is 1. The SMILES string of the molecule is COc1cc(/C=N\NC(=O)C(=O)NCc2ccc(C)cc2)ccc1OCC(=O)Nc1ccc(C)c(C)c1. The molecule has 0 saturated heterocycles. The van der Waals surface area contributed by atoms with E-state index >= 15 is 0 Å². The van der Waals surface area contributed by atoms with Gasteiger partial charge in [-0.2, -0.15) is 5.10 Å². The maximum Gasteiger partial charge on any atom is 0.329 e. The lowest BCUT2D eigenvalue weighted by molar-refractivity contribution is -0.139. The van der Waals surface area contributed by atoms with Crippen molar-refractivity contribution in [3.63, 3.8) is 0 Å². The smallest absolute Gasteiger partial charge is 0.329 e. The van der Waals surface area contributed by atoms with Gasteiger partial charge in [0, 0.05) is 12.2 Å². The van der Waals surface area contributed by atoms with Gasteiger partial charge in [-0.1, -0.05) is 35.9 Å². The van der Waals surface area contributed by atoms with Crippen LogP contribution < -0.4 is 25.5 Å². The first-order valence-electron chi connectivity index (χ1n) is 11.6. The lowest BCUT2D eigenvalue weighted by atomic mass is 10.1. The quantitative estimate of drug-likeness (QED) is 0.235. The molecule has 0 saturated carbocycles. The molecule has 3 aromatic carbocycles. The predicted molar refractivity (Wildman–Crippen MR) is 142 cm³/mol. The van der Waals surface area contributed by atoms with Crippen LogP contribution in [0.2, 0.25) is 0 Å². The number of aryl methyl sites for hydroxylation is 3. The van der Waals surface area contributed by atoms with Crippen molar-refractivity contribution in [1.82, 2.24) is 10.7 Å². The third-order valence-electron chi connectivity index (χ3n) is 5.50. The Bertz CT molecular complexity index is 1300. The molecule has 0 aliphatic rings. The molecule has 0 fully saturated rings. The lowest BCUT2D eigenvalue weighted by Crippen LogP contribution is -2.37. The summed E-state index contributed by atoms with van der Waals surface area (Å²) in [4.78, 5) is 36.2. The van der Waals surface area contributed by atoms with Gasteiger partial charge in [0.15, 0.2) is 18.1 Å². The zero-order valence-electron chi connectivity index (χ0n) is 21.3. The van der Waals surface area contributed by atoms with Crippen LogP contribution in [0.25, 0.3) is 0 Å². The topological polar surface area (TPSA) is 118 Å². The second-order valence-electron chi connectivity index (χ2n) is 8.41. The number of anilines is 1. The van der Waals surface area contributed by atoms with Crippen molar-refractivity contribution in [3.8, 4) is 11.5 Å². The molecule has 3 N–H and O–H groups in total. The molecule has 192 valence electrons. The zero-order chi connectivity index (χ0) is 26.8. The van der Waals surface area contributed by atoms with Crippen molar-refractivity contribution in [2.45, 2.75) is 27.3 Å². The number of benzene rings is 3. The van der Waals surface area contributed by atoms with Crippen molar-refractivity contribution < 1.29 is 23.9 Å². The summed E-state index contributed by atoms with van der Waals surface area (Å²) in [6, 6.07) is 18.2. The molecule has 0 radical (unpaired) electrons. The van der Waals surface area contributed by atoms with Crippen LogP contribution in [0.4, 0.5) is 5.69 Å². The Balaban J connectivity index is 1.49. The molecule has 0 atom stereocenters. The molecule has 0 bridgehead atoms. The summed E-state index contributed by atoms with van der Waals surface area (Å²) >= 11 is 0. The van der Waals surface area contributed by atoms with Crippen LogP contribution in [-0.4, -0.2) is 37.7 Å². The average molecular weight is 503 g/mol. The van der Waals surface area contributed by atoms with Crippen LogP contribution in [0.5, 0.6) is 11.5 Å². The number of methoxy groups -OCH3 is 1. The van der Waals surface area contributed by atoms with Crippen LogP contribution in [-0.2, 0) is 20.9 Å². The molecule has 9 heteroatoms. The summed E-state index contributed by atoms with van der Waals surface area (Å²) in [6.45, 7) is 5.98. The first kappa shape index (κ1) is 26.9. The van der Waals surface area contributed by atoms with Gasteiger partial charge >= 0.3 is 11.8 Å². The Kier molecular flexibility index (Phi) is 9.37. The summed E-state index contributed by atoms with van der Waals surface area (Å²) in [5, 5.41) is 9.16. The number of carbonyl (C=O) groups excluding carboxylic acids is 3. The summed E-state index contributed by atoms with van der Waals surface area (Å²) in [5.74, 6) is -1.23. The van der Waals surface area contributed by atoms with E-state index < -0.39 is 11.8 Å². The molecule has 0 aromatic heterocycles. The Labute approximate surface area is 215 Å². The van der Waals surface area contributed by atoms with E-state index in [2.05, 4.69) is 21.2 Å². The highest BCUT2D eigenvalue weighted by Gasteiger charge is 2.12. The highest BCUT2D eigenvalue weighted by atomic mass is 16.5. The number of amides is 3. The normalized spacial score (nSPS) is 10.6. The van der Waals surface area contributed by atoms with Crippen molar-refractivity contribution >= 4 is 29.6 Å². The molecule has 3 rings (SSSR count). The van der Waals surface area contributed by atoms with Crippen molar-refractivity contribution in [1.29, 1.82) is 0 Å². The van der Waals surface area contributed by atoms with Gasteiger partial charge in [-0.15, -0.1) is 0 Å². The van der Waals surface area contributed by atoms with Gasteiger partial charge < -0.3 is 20.1 Å². The summed E-state index contributed by atoms with van der Waals surface area (Å²) in [5.41, 5.74) is 7.69. The number of rotatable bonds is 9. The summed E-state index contributed by atoms with van der Waals surface area (Å²) in [7, 11) is 1.47. The minimum absolute atomic E-state index is 0.204. The molecule has 0 heterocycles. The number of hydrogen-bond donors (Lipinski definition) is 3. The molecule has 3 aromatic rings. The van der Waals surface area contributed by atoms with Crippen LogP contribution in [0.15, 0.2) is 65.8 Å². The van der Waals surface area contributed by atoms with Crippen LogP contribution in [0.3, 0.4) is 0 Å². The summed E-state index contributed by atoms with van der Waals surface area (Å²) in [6.07, 6.45) is 1.36. The Morgan fingerprint density at radius 2 is 1.62 bits per heavy atom. The van der Waals surface area contributed by atoms with E-state index in [9.17, 15) is 14.4 Å². The molecule has 0 aliphatic heterocycles. The molecule has 0 spiro atoms. The number of hydrazone groups is 1. The van der Waals surface area contributed by atoms with Gasteiger partial charge in [0.05, 0.1) is 13.3 Å². The standard InChI is InChI=1S/C28H30N4O5/c1-18-5-8-21(9-6-18)15-29-27(34)28(35)32-30-16-22-10-12-24(25(14-22)36-4)37-17-26(33)31-23-11-7-19(2)20(3)13-23/h5-14,16H,15,17H2,1-4H3,(H,29,34)(H,31,33)(H,32,35)/b30-16-. The summed E-state index contributed by atoms with van der Waals surface area (Å²) < 4.78 is 11.0. The number of hydrogen-bond acceptors (Lipinski definition) is 6. The highest BCUT2D eigenvalue weighted by Crippen LogP contribution is 2.27. The monoisotopic (exact) mass is 502 g/mol. The predicted octanol–water partition coefficient (Wildman–Crippen LogP) is 3.40. The van der Waals surface area contributed by atoms with Gasteiger partial charge in [0.2, 0.25) is 0 Å². The maximum absolute atomic E-state index is 12.3. The number of nitrogens with one attached hydrogen (secondary N) is 3. The minimum Gasteiger partial charge on any atom is -0.493 e. The number of ether oxygens (including phenoxy) is 2. The van der Waals surface area contributed by atoms with Crippen LogP contribution in [0, 0.1) is 20.8 Å². The molecule has 9 nitrogen and oxygen atoms in total. The minimum atomic E-state index is -0.884. The van der Waals surface area contributed by atoms with E-state index in [1.807, 2.05) is 63.2 Å². The van der Waals surface area contributed by atoms with E-state index in [0.717, 1.165) is 22.3 Å². The first-order chi connectivity index (χ1) is 17.7. The Hall–Kier alpha value is -4.66. The molecule has 37 heavy (non-hydrogen) atoms. The van der Waals surface area contributed by atoms with Crippen molar-refractivity contribution in [3.05, 3.63) is 88.5 Å².